The van der Waals surface area contributed by atoms with E-state index in [1.165, 1.54) is 49.0 Å². The third kappa shape index (κ3) is 9.99. The molecule has 37 heavy (non-hydrogen) atoms. The van der Waals surface area contributed by atoms with Crippen molar-refractivity contribution in [2.45, 2.75) is 59.9 Å². The van der Waals surface area contributed by atoms with Gasteiger partial charge in [0.2, 0.25) is 0 Å². The molecule has 0 saturated heterocycles. The van der Waals surface area contributed by atoms with Gasteiger partial charge < -0.3 is 24.8 Å². The number of benzene rings is 3. The van der Waals surface area contributed by atoms with Gasteiger partial charge in [-0.15, -0.1) is 69.1 Å². The Kier molecular flexibility index (Phi) is 16.5. The molecule has 2 radical (unpaired) electrons. The summed E-state index contributed by atoms with van der Waals surface area (Å²) in [5.41, 5.74) is 5.66. The Morgan fingerprint density at radius 1 is 0.595 bits per heavy atom. The molecule has 0 aromatic heterocycles. The first kappa shape index (κ1) is 35.6. The third-order valence-corrected chi connectivity index (χ3v) is 7.07. The van der Waals surface area contributed by atoms with Crippen LogP contribution in [0.3, 0.4) is 0 Å². The van der Waals surface area contributed by atoms with Gasteiger partial charge in [0, 0.05) is 0 Å². The smallest absolute Gasteiger partial charge is 1.00 e. The Bertz CT molecular complexity index is 1230. The van der Waals surface area contributed by atoms with Gasteiger partial charge in [-0.2, -0.15) is 12.1 Å². The Hall–Kier alpha value is -1.44. The van der Waals surface area contributed by atoms with Crippen molar-refractivity contribution in [3.63, 3.8) is 0 Å². The molecule has 0 N–H and O–H groups in total. The molecule has 0 aliphatic rings. The topological polar surface area (TPSA) is 0 Å². The van der Waals surface area contributed by atoms with E-state index >= 15 is 0 Å². The first-order valence-corrected chi connectivity index (χ1v) is 13.8. The predicted molar refractivity (Wildman–Crippen MR) is 154 cm³/mol. The summed E-state index contributed by atoms with van der Waals surface area (Å²) >= 11 is 0. The molecule has 0 unspecified atom stereocenters. The first-order chi connectivity index (χ1) is 16.3. The summed E-state index contributed by atoms with van der Waals surface area (Å²) in [6.45, 7) is 15.5. The SMILES string of the molecule is C[Si]c1ccccc1.Cc1cc2c(C(C)C)cccc2[cH-]1.Cc1cc2c(C(C)C)cccc2[cH-]1.[Cl-].[Cl-].[Zr+4]. The summed E-state index contributed by atoms with van der Waals surface area (Å²) in [5.74, 6) is 1.23. The van der Waals surface area contributed by atoms with Gasteiger partial charge in [0.25, 0.3) is 0 Å². The van der Waals surface area contributed by atoms with E-state index in [1.54, 1.807) is 0 Å². The van der Waals surface area contributed by atoms with Crippen molar-refractivity contribution in [2.75, 3.05) is 0 Å². The largest absolute Gasteiger partial charge is 4.00 e. The van der Waals surface area contributed by atoms with Gasteiger partial charge in [-0.25, -0.2) is 0 Å². The fraction of sp³-hybridized carbons (Fsp3) is 0.273. The molecular formula is C33H38Cl2SiZr. The van der Waals surface area contributed by atoms with Gasteiger partial charge in [-0.05, 0) is 11.8 Å². The molecule has 0 heterocycles. The molecule has 5 rings (SSSR count). The van der Waals surface area contributed by atoms with E-state index in [-0.39, 0.29) is 51.0 Å². The summed E-state index contributed by atoms with van der Waals surface area (Å²) in [6.07, 6.45) is 0. The number of aryl methyl sites for hydroxylation is 2. The number of rotatable bonds is 3. The maximum atomic E-state index is 2.28. The molecule has 0 atom stereocenters. The van der Waals surface area contributed by atoms with E-state index in [2.05, 4.69) is 133 Å². The monoisotopic (exact) mass is 622 g/mol. The molecule has 0 nitrogen and oxygen atoms in total. The minimum absolute atomic E-state index is 0. The van der Waals surface area contributed by atoms with Crippen LogP contribution in [0.1, 0.15) is 61.8 Å². The standard InChI is InChI=1S/2C13H15.C7H8Si.2ClH.Zr/c2*1-9(2)12-6-4-5-11-7-10(3)8-13(11)12;1-8-7-5-3-2-4-6-7;;;/h2*4-9H,1-3H3;2-6H,1H3;2*1H;/q2*-1;;;;+4/p-2. The maximum absolute atomic E-state index is 2.28. The summed E-state index contributed by atoms with van der Waals surface area (Å²) in [5, 5.41) is 7.05. The first-order valence-electron chi connectivity index (χ1n) is 12.3. The van der Waals surface area contributed by atoms with Crippen LogP contribution in [-0.4, -0.2) is 9.52 Å². The Labute approximate surface area is 258 Å². The van der Waals surface area contributed by atoms with Gasteiger partial charge in [0.1, 0.15) is 0 Å². The zero-order valence-electron chi connectivity index (χ0n) is 23.1. The quantitative estimate of drug-likeness (QED) is 0.214. The van der Waals surface area contributed by atoms with Crippen molar-refractivity contribution < 1.29 is 51.0 Å². The molecule has 0 aliphatic carbocycles. The second-order valence-corrected chi connectivity index (χ2v) is 10.8. The van der Waals surface area contributed by atoms with Gasteiger partial charge >= 0.3 is 26.2 Å². The second kappa shape index (κ2) is 17.2. The molecule has 4 heteroatoms. The van der Waals surface area contributed by atoms with Crippen LogP contribution in [0.4, 0.5) is 0 Å². The molecule has 5 aromatic rings. The van der Waals surface area contributed by atoms with Crippen LogP contribution in [0.25, 0.3) is 21.5 Å². The Morgan fingerprint density at radius 3 is 1.32 bits per heavy atom. The van der Waals surface area contributed by atoms with Crippen LogP contribution in [0.2, 0.25) is 6.55 Å². The number of halogens is 2. The molecule has 0 amide bonds. The number of hydrogen-bond donors (Lipinski definition) is 0. The van der Waals surface area contributed by atoms with E-state index < -0.39 is 0 Å². The van der Waals surface area contributed by atoms with Gasteiger partial charge in [0.15, 0.2) is 0 Å². The summed E-state index contributed by atoms with van der Waals surface area (Å²) in [7, 11) is 0.930. The number of hydrogen-bond acceptors (Lipinski definition) is 0. The Morgan fingerprint density at radius 2 is 1.00 bits per heavy atom. The van der Waals surface area contributed by atoms with Crippen LogP contribution in [0, 0.1) is 13.8 Å². The fourth-order valence-corrected chi connectivity index (χ4v) is 4.96. The zero-order chi connectivity index (χ0) is 24.7. The average Bonchev–Trinajstić information content (AvgIpc) is 3.40. The molecule has 0 spiro atoms. The van der Waals surface area contributed by atoms with E-state index in [0.717, 1.165) is 9.52 Å². The van der Waals surface area contributed by atoms with Gasteiger partial charge in [0.05, 0.1) is 9.52 Å². The normalized spacial score (nSPS) is 9.97. The minimum Gasteiger partial charge on any atom is -1.00 e. The molecule has 5 aromatic carbocycles. The van der Waals surface area contributed by atoms with Crippen LogP contribution >= 0.6 is 0 Å². The molecular weight excluding hydrogens is 587 g/mol. The number of fused-ring (bicyclic) bond motifs is 2. The molecule has 0 saturated carbocycles. The second-order valence-electron chi connectivity index (χ2n) is 9.69. The minimum atomic E-state index is 0. The summed E-state index contributed by atoms with van der Waals surface area (Å²) in [6, 6.07) is 32.7. The van der Waals surface area contributed by atoms with E-state index in [4.69, 9.17) is 0 Å². The van der Waals surface area contributed by atoms with Crippen LogP contribution in [-0.2, 0) is 26.2 Å². The van der Waals surface area contributed by atoms with Crippen LogP contribution in [0.15, 0.2) is 91.0 Å². The van der Waals surface area contributed by atoms with Crippen LogP contribution in [0.5, 0.6) is 0 Å². The van der Waals surface area contributed by atoms with Crippen molar-refractivity contribution in [3.8, 4) is 0 Å². The third-order valence-electron chi connectivity index (χ3n) is 6.16. The Balaban J connectivity index is 0.000000519. The van der Waals surface area contributed by atoms with E-state index in [1.807, 2.05) is 6.07 Å². The van der Waals surface area contributed by atoms with Crippen molar-refractivity contribution in [1.82, 2.24) is 0 Å². The van der Waals surface area contributed by atoms with Crippen molar-refractivity contribution in [1.29, 1.82) is 0 Å². The van der Waals surface area contributed by atoms with Crippen molar-refractivity contribution >= 4 is 36.3 Å². The van der Waals surface area contributed by atoms with Crippen molar-refractivity contribution in [2.24, 2.45) is 0 Å². The summed E-state index contributed by atoms with van der Waals surface area (Å²) in [4.78, 5) is 0. The van der Waals surface area contributed by atoms with Gasteiger partial charge in [-0.1, -0.05) is 107 Å². The van der Waals surface area contributed by atoms with Gasteiger partial charge in [-0.3, -0.25) is 0 Å². The average molecular weight is 625 g/mol. The fourth-order valence-electron chi connectivity index (χ4n) is 4.43. The summed E-state index contributed by atoms with van der Waals surface area (Å²) < 4.78 is 0. The maximum Gasteiger partial charge on any atom is 4.00 e. The molecule has 0 bridgehead atoms. The molecule has 0 aliphatic heterocycles. The molecule has 0 fully saturated rings. The van der Waals surface area contributed by atoms with Crippen LogP contribution < -0.4 is 30.0 Å². The van der Waals surface area contributed by atoms with E-state index in [9.17, 15) is 0 Å². The van der Waals surface area contributed by atoms with Crippen molar-refractivity contribution in [3.05, 3.63) is 113 Å². The molecule has 192 valence electrons. The zero-order valence-corrected chi connectivity index (χ0v) is 28.0. The van der Waals surface area contributed by atoms with E-state index in [0.29, 0.717) is 11.8 Å². The predicted octanol–water partition coefficient (Wildman–Crippen LogP) is 3.05.